The molecule has 4 rings (SSSR count). The van der Waals surface area contributed by atoms with Gasteiger partial charge in [-0.05, 0) is 12.7 Å². The summed E-state index contributed by atoms with van der Waals surface area (Å²) in [6.07, 6.45) is 0. The third-order valence-corrected chi connectivity index (χ3v) is 6.56. The van der Waals surface area contributed by atoms with Crippen molar-refractivity contribution in [1.29, 1.82) is 0 Å². The first-order chi connectivity index (χ1) is 10.9. The number of ketones is 2. The van der Waals surface area contributed by atoms with Crippen molar-refractivity contribution in [3.63, 3.8) is 0 Å². The summed E-state index contributed by atoms with van der Waals surface area (Å²) in [6, 6.07) is 6.85. The van der Waals surface area contributed by atoms with Crippen molar-refractivity contribution in [2.24, 2.45) is 11.8 Å². The van der Waals surface area contributed by atoms with Gasteiger partial charge in [-0.2, -0.15) is 0 Å². The zero-order valence-corrected chi connectivity index (χ0v) is 14.0. The summed E-state index contributed by atoms with van der Waals surface area (Å²) in [4.78, 5) is 39.2. The van der Waals surface area contributed by atoms with Crippen LogP contribution in [-0.2, 0) is 9.53 Å². The van der Waals surface area contributed by atoms with Gasteiger partial charge in [0.05, 0.1) is 11.8 Å². The fourth-order valence-corrected chi connectivity index (χ4v) is 5.55. The summed E-state index contributed by atoms with van der Waals surface area (Å²) < 4.78 is 6.13. The zero-order chi connectivity index (χ0) is 16.6. The standard InChI is InChI=1S/C17H17NO4S/c1-4-23-17-12-11(16(2,22-17)18(3)15(17)21)13(19)9-7-5-6-8-10(9)14(12)20/h5-8,11-12H,4H2,1-3H3. The van der Waals surface area contributed by atoms with Crippen LogP contribution in [0.3, 0.4) is 0 Å². The Morgan fingerprint density at radius 2 is 1.70 bits per heavy atom. The maximum Gasteiger partial charge on any atom is 0.268 e. The summed E-state index contributed by atoms with van der Waals surface area (Å²) in [7, 11) is 1.65. The molecule has 3 aliphatic rings. The van der Waals surface area contributed by atoms with Crippen LogP contribution in [0.2, 0.25) is 0 Å². The number of thioether (sulfide) groups is 1. The van der Waals surface area contributed by atoms with Crippen molar-refractivity contribution < 1.29 is 19.1 Å². The number of fused-ring (bicyclic) bond motifs is 6. The van der Waals surface area contributed by atoms with E-state index in [0.29, 0.717) is 16.9 Å². The molecule has 4 atom stereocenters. The van der Waals surface area contributed by atoms with Crippen LogP contribution in [0.4, 0.5) is 0 Å². The predicted molar refractivity (Wildman–Crippen MR) is 85.2 cm³/mol. The van der Waals surface area contributed by atoms with Crippen LogP contribution < -0.4 is 0 Å². The number of benzene rings is 1. The van der Waals surface area contributed by atoms with E-state index in [0.717, 1.165) is 0 Å². The van der Waals surface area contributed by atoms with E-state index >= 15 is 0 Å². The lowest BCUT2D eigenvalue weighted by atomic mass is 9.67. The molecule has 0 saturated carbocycles. The number of carbonyl (C=O) groups excluding carboxylic acids is 3. The molecule has 4 unspecified atom stereocenters. The second-order valence-electron chi connectivity index (χ2n) is 6.35. The van der Waals surface area contributed by atoms with Crippen LogP contribution in [0.15, 0.2) is 24.3 Å². The van der Waals surface area contributed by atoms with E-state index in [2.05, 4.69) is 0 Å². The van der Waals surface area contributed by atoms with Gasteiger partial charge in [-0.15, -0.1) is 11.8 Å². The minimum Gasteiger partial charge on any atom is -0.328 e. The minimum absolute atomic E-state index is 0.106. The van der Waals surface area contributed by atoms with E-state index in [1.807, 2.05) is 6.92 Å². The Hall–Kier alpha value is -1.66. The maximum absolute atomic E-state index is 13.1. The number of nitrogens with zero attached hydrogens (tertiary/aromatic N) is 1. The smallest absolute Gasteiger partial charge is 0.268 e. The molecule has 0 radical (unpaired) electrons. The molecule has 5 nitrogen and oxygen atoms in total. The molecule has 2 saturated heterocycles. The number of piperidine rings is 1. The monoisotopic (exact) mass is 331 g/mol. The number of likely N-dealkylation sites (tertiary alicyclic amines) is 1. The van der Waals surface area contributed by atoms with Crippen molar-refractivity contribution in [1.82, 2.24) is 4.90 Å². The molecule has 1 aromatic carbocycles. The Morgan fingerprint density at radius 1 is 1.13 bits per heavy atom. The molecular weight excluding hydrogens is 314 g/mol. The maximum atomic E-state index is 13.1. The van der Waals surface area contributed by atoms with Gasteiger partial charge in [-0.1, -0.05) is 31.2 Å². The Balaban J connectivity index is 1.97. The number of hydrogen-bond donors (Lipinski definition) is 0. The molecule has 2 heterocycles. The summed E-state index contributed by atoms with van der Waals surface area (Å²) in [5.41, 5.74) is -0.219. The Labute approximate surface area is 138 Å². The quantitative estimate of drug-likeness (QED) is 0.829. The third-order valence-electron chi connectivity index (χ3n) is 5.33. The third kappa shape index (κ3) is 1.51. The SMILES string of the molecule is CCSC12OC(C)(C3C(=O)c4ccccc4C(=O)C31)N(C)C2=O. The molecule has 1 aromatic rings. The molecule has 120 valence electrons. The lowest BCUT2D eigenvalue weighted by molar-refractivity contribution is -0.136. The fourth-order valence-electron chi connectivity index (χ4n) is 4.21. The molecule has 0 aromatic heterocycles. The fraction of sp³-hybridized carbons (Fsp3) is 0.471. The topological polar surface area (TPSA) is 63.7 Å². The van der Waals surface area contributed by atoms with Crippen molar-refractivity contribution in [3.8, 4) is 0 Å². The molecule has 0 spiro atoms. The average molecular weight is 331 g/mol. The van der Waals surface area contributed by atoms with Gasteiger partial charge < -0.3 is 9.64 Å². The number of amides is 1. The van der Waals surface area contributed by atoms with Crippen LogP contribution in [-0.4, -0.2) is 45.8 Å². The van der Waals surface area contributed by atoms with Crippen LogP contribution in [0, 0.1) is 11.8 Å². The highest BCUT2D eigenvalue weighted by Gasteiger charge is 2.77. The first-order valence-corrected chi connectivity index (χ1v) is 8.67. The molecule has 2 aliphatic heterocycles. The van der Waals surface area contributed by atoms with Gasteiger partial charge in [-0.3, -0.25) is 14.4 Å². The van der Waals surface area contributed by atoms with Crippen LogP contribution in [0.5, 0.6) is 0 Å². The van der Waals surface area contributed by atoms with Crippen LogP contribution in [0.1, 0.15) is 34.6 Å². The number of likely N-dealkylation sites (N-methyl/N-ethyl adjacent to an activating group) is 1. The van der Waals surface area contributed by atoms with Crippen LogP contribution >= 0.6 is 11.8 Å². The number of carbonyl (C=O) groups is 3. The van der Waals surface area contributed by atoms with Gasteiger partial charge in [0.15, 0.2) is 17.3 Å². The zero-order valence-electron chi connectivity index (χ0n) is 13.2. The summed E-state index contributed by atoms with van der Waals surface area (Å²) in [5, 5.41) is 0. The number of rotatable bonds is 2. The first kappa shape index (κ1) is 14.9. The number of hydrogen-bond acceptors (Lipinski definition) is 5. The van der Waals surface area contributed by atoms with Crippen molar-refractivity contribution >= 4 is 29.2 Å². The van der Waals surface area contributed by atoms with E-state index in [-0.39, 0.29) is 17.5 Å². The van der Waals surface area contributed by atoms with E-state index in [1.165, 1.54) is 16.7 Å². The van der Waals surface area contributed by atoms with Crippen molar-refractivity contribution in [2.75, 3.05) is 12.8 Å². The Bertz CT molecular complexity index is 763. The van der Waals surface area contributed by atoms with Gasteiger partial charge in [0.2, 0.25) is 4.93 Å². The second-order valence-corrected chi connectivity index (χ2v) is 7.82. The van der Waals surface area contributed by atoms with Crippen LogP contribution in [0.25, 0.3) is 0 Å². The van der Waals surface area contributed by atoms with E-state index in [1.54, 1.807) is 38.2 Å². The molecule has 0 N–H and O–H groups in total. The highest BCUT2D eigenvalue weighted by molar-refractivity contribution is 8.01. The van der Waals surface area contributed by atoms with Gasteiger partial charge in [0, 0.05) is 18.2 Å². The molecule has 1 amide bonds. The van der Waals surface area contributed by atoms with E-state index < -0.39 is 22.5 Å². The minimum atomic E-state index is -1.27. The summed E-state index contributed by atoms with van der Waals surface area (Å²) in [5.74, 6) is -1.24. The Kier molecular flexibility index (Phi) is 2.88. The number of Topliss-reactive ketones (excluding diaryl/α,β-unsaturated/α-hetero) is 2. The normalized spacial score (nSPS) is 38.0. The highest BCUT2D eigenvalue weighted by atomic mass is 32.2. The van der Waals surface area contributed by atoms with Crippen molar-refractivity contribution in [2.45, 2.75) is 24.5 Å². The average Bonchev–Trinajstić information content (AvgIpc) is 2.92. The van der Waals surface area contributed by atoms with Gasteiger partial charge >= 0.3 is 0 Å². The molecular formula is C17H17NO4S. The predicted octanol–water partition coefficient (Wildman–Crippen LogP) is 1.97. The number of ether oxygens (including phenoxy) is 1. The van der Waals surface area contributed by atoms with Gasteiger partial charge in [0.1, 0.15) is 0 Å². The molecule has 2 bridgehead atoms. The lowest BCUT2D eigenvalue weighted by Crippen LogP contribution is -2.61. The molecule has 23 heavy (non-hydrogen) atoms. The molecule has 1 aliphatic carbocycles. The molecule has 2 fully saturated rings. The summed E-state index contributed by atoms with van der Waals surface area (Å²) >= 11 is 1.32. The lowest BCUT2D eigenvalue weighted by Gasteiger charge is -2.42. The van der Waals surface area contributed by atoms with Gasteiger partial charge in [-0.25, -0.2) is 0 Å². The summed E-state index contributed by atoms with van der Waals surface area (Å²) in [6.45, 7) is 3.66. The van der Waals surface area contributed by atoms with Gasteiger partial charge in [0.25, 0.3) is 5.91 Å². The largest absolute Gasteiger partial charge is 0.328 e. The second kappa shape index (κ2) is 4.45. The molecule has 6 heteroatoms. The van der Waals surface area contributed by atoms with E-state index in [9.17, 15) is 14.4 Å². The first-order valence-electron chi connectivity index (χ1n) is 7.68. The van der Waals surface area contributed by atoms with Crippen molar-refractivity contribution in [3.05, 3.63) is 35.4 Å². The highest BCUT2D eigenvalue weighted by Crippen LogP contribution is 2.62. The van der Waals surface area contributed by atoms with E-state index in [4.69, 9.17) is 4.74 Å². The Morgan fingerprint density at radius 3 is 2.26 bits per heavy atom.